The number of hydrogen-bond acceptors (Lipinski definition) is 2. The van der Waals surface area contributed by atoms with E-state index in [1.54, 1.807) is 0 Å². The van der Waals surface area contributed by atoms with Crippen LogP contribution in [0.4, 0.5) is 5.69 Å². The zero-order chi connectivity index (χ0) is 17.2. The van der Waals surface area contributed by atoms with Crippen LogP contribution in [0.5, 0.6) is 5.75 Å². The van der Waals surface area contributed by atoms with E-state index in [2.05, 4.69) is 72.5 Å². The van der Waals surface area contributed by atoms with Crippen LogP contribution in [0.1, 0.15) is 20.8 Å². The average molecular weight is 702 g/mol. The minimum Gasteiger partial charge on any atom is -1.00 e. The second-order valence-corrected chi connectivity index (χ2v) is 9.49. The van der Waals surface area contributed by atoms with Crippen LogP contribution in [0.25, 0.3) is 0 Å². The van der Waals surface area contributed by atoms with Crippen molar-refractivity contribution in [2.24, 2.45) is 11.8 Å². The summed E-state index contributed by atoms with van der Waals surface area (Å²) in [5, 5.41) is 0. The molecular weight excluding hydrogens is 674 g/mol. The first-order valence-electron chi connectivity index (χ1n) is 8.09. The molecule has 7 heteroatoms. The summed E-state index contributed by atoms with van der Waals surface area (Å²) in [4.78, 5) is 0. The lowest BCUT2D eigenvalue weighted by molar-refractivity contribution is -0.914. The molecule has 1 aliphatic heterocycles. The quantitative estimate of drug-likeness (QED) is 0.214. The minimum atomic E-state index is 0. The van der Waals surface area contributed by atoms with E-state index in [-0.39, 0.29) is 34.0 Å². The summed E-state index contributed by atoms with van der Waals surface area (Å²) in [6, 6.07) is 3.94. The summed E-state index contributed by atoms with van der Waals surface area (Å²) in [5.74, 6) is 2.51. The van der Waals surface area contributed by atoms with Crippen molar-refractivity contribution in [3.8, 4) is 5.75 Å². The number of hydrogen-bond donors (Lipinski definition) is 1. The highest BCUT2D eigenvalue weighted by atomic mass is 127. The van der Waals surface area contributed by atoms with Crippen LogP contribution in [0.3, 0.4) is 0 Å². The van der Waals surface area contributed by atoms with Crippen LogP contribution in [-0.4, -0.2) is 37.3 Å². The van der Waals surface area contributed by atoms with Crippen molar-refractivity contribution in [3.63, 3.8) is 0 Å². The fourth-order valence-corrected chi connectivity index (χ4v) is 5.81. The van der Waals surface area contributed by atoms with Crippen LogP contribution in [0.15, 0.2) is 24.3 Å². The van der Waals surface area contributed by atoms with E-state index >= 15 is 0 Å². The summed E-state index contributed by atoms with van der Waals surface area (Å²) < 4.78 is 9.43. The summed E-state index contributed by atoms with van der Waals surface area (Å²) in [6.45, 7) is 16.3. The standard InChI is InChI=1S/C18H27I2N2O.2BrH/c1-12(2)9-22(10-13(3)14(4)11-22)5-6-23-18-16(19)7-15(21)8-17(18)20;;/h7-8,13-14H,1,5-6,9-11,21H2,2-4H3;2*1H/q+1;;/p-1. The molecule has 0 aromatic heterocycles. The van der Waals surface area contributed by atoms with Gasteiger partial charge in [-0.05, 0) is 69.8 Å². The van der Waals surface area contributed by atoms with Gasteiger partial charge in [0.15, 0.2) is 0 Å². The number of ether oxygens (including phenoxy) is 1. The Morgan fingerprint density at radius 3 is 2.16 bits per heavy atom. The van der Waals surface area contributed by atoms with Gasteiger partial charge in [0.1, 0.15) is 18.9 Å². The Kier molecular flexibility index (Phi) is 11.5. The molecule has 2 unspecified atom stereocenters. The highest BCUT2D eigenvalue weighted by Gasteiger charge is 2.40. The molecule has 25 heavy (non-hydrogen) atoms. The van der Waals surface area contributed by atoms with Crippen molar-refractivity contribution in [2.45, 2.75) is 20.8 Å². The summed E-state index contributed by atoms with van der Waals surface area (Å²) in [7, 11) is 0. The Bertz CT molecular complexity index is 565. The second-order valence-electron chi connectivity index (χ2n) is 7.16. The third-order valence-corrected chi connectivity index (χ3v) is 6.36. The smallest absolute Gasteiger partial charge is 0.146 e. The third kappa shape index (κ3) is 7.12. The Morgan fingerprint density at radius 2 is 1.72 bits per heavy atom. The van der Waals surface area contributed by atoms with Crippen LogP contribution < -0.4 is 27.5 Å². The normalized spacial score (nSPS) is 25.0. The van der Waals surface area contributed by atoms with Gasteiger partial charge >= 0.3 is 0 Å². The van der Waals surface area contributed by atoms with Gasteiger partial charge in [-0.2, -0.15) is 0 Å². The third-order valence-electron chi connectivity index (χ3n) is 4.76. The van der Waals surface area contributed by atoms with Crippen LogP contribution in [-0.2, 0) is 0 Å². The molecule has 1 aliphatic rings. The summed E-state index contributed by atoms with van der Waals surface area (Å²) in [6.07, 6.45) is 0. The van der Waals surface area contributed by atoms with Gasteiger partial charge in [0.2, 0.25) is 0 Å². The van der Waals surface area contributed by atoms with Gasteiger partial charge in [-0.3, -0.25) is 0 Å². The van der Waals surface area contributed by atoms with Crippen LogP contribution in [0, 0.1) is 19.0 Å². The predicted octanol–water partition coefficient (Wildman–Crippen LogP) is 2.12. The largest absolute Gasteiger partial charge is 1.00 e. The number of anilines is 1. The van der Waals surface area contributed by atoms with Gasteiger partial charge in [0.05, 0.1) is 26.8 Å². The molecule has 1 heterocycles. The molecule has 0 saturated carbocycles. The van der Waals surface area contributed by atoms with E-state index in [4.69, 9.17) is 10.5 Å². The van der Waals surface area contributed by atoms with Crippen LogP contribution in [0.2, 0.25) is 0 Å². The first kappa shape index (κ1) is 25.9. The van der Waals surface area contributed by atoms with Gasteiger partial charge in [-0.25, -0.2) is 0 Å². The van der Waals surface area contributed by atoms with Crippen LogP contribution >= 0.6 is 62.2 Å². The number of nitrogen functional groups attached to an aromatic ring is 1. The Balaban J connectivity index is 0.00000288. The number of halogens is 4. The maximum atomic E-state index is 6.15. The zero-order valence-corrected chi connectivity index (χ0v) is 22.6. The van der Waals surface area contributed by atoms with Gasteiger partial charge in [0.25, 0.3) is 0 Å². The Morgan fingerprint density at radius 1 is 1.24 bits per heavy atom. The van der Waals surface area contributed by atoms with Crippen molar-refractivity contribution >= 4 is 67.9 Å². The SMILES string of the molecule is Br.C=C(C)C[N+]1(CCOc2c(I)cc(N)cc2I)CC(C)C(C)C1.[Br-]. The fourth-order valence-electron chi connectivity index (χ4n) is 3.68. The lowest BCUT2D eigenvalue weighted by Gasteiger charge is -2.35. The van der Waals surface area contributed by atoms with Gasteiger partial charge in [-0.1, -0.05) is 20.4 Å². The molecule has 1 saturated heterocycles. The lowest BCUT2D eigenvalue weighted by Crippen LogP contribution is -3.00. The molecule has 2 atom stereocenters. The lowest BCUT2D eigenvalue weighted by atomic mass is 10.0. The fraction of sp³-hybridized carbons (Fsp3) is 0.556. The molecule has 0 aliphatic carbocycles. The monoisotopic (exact) mass is 700 g/mol. The number of quaternary nitrogens is 1. The highest BCUT2D eigenvalue weighted by Crippen LogP contribution is 2.32. The van der Waals surface area contributed by atoms with E-state index in [0.29, 0.717) is 0 Å². The second kappa shape index (κ2) is 11.1. The van der Waals surface area contributed by atoms with E-state index < -0.39 is 0 Å². The highest BCUT2D eigenvalue weighted by molar-refractivity contribution is 14.1. The molecular formula is C18H28Br2I2N2O. The molecule has 1 aromatic rings. The average Bonchev–Trinajstić information content (AvgIpc) is 2.67. The minimum absolute atomic E-state index is 0. The van der Waals surface area contributed by atoms with Crippen molar-refractivity contribution < 1.29 is 26.2 Å². The van der Waals surface area contributed by atoms with Gasteiger partial charge in [0, 0.05) is 17.5 Å². The molecule has 0 bridgehead atoms. The summed E-state index contributed by atoms with van der Waals surface area (Å²) >= 11 is 4.60. The first-order valence-corrected chi connectivity index (χ1v) is 10.2. The molecule has 2 rings (SSSR count). The number of nitrogens with two attached hydrogens (primary N) is 1. The molecule has 3 nitrogen and oxygen atoms in total. The topological polar surface area (TPSA) is 35.2 Å². The molecule has 0 amide bonds. The Labute approximate surface area is 200 Å². The number of benzene rings is 1. The Hall–Kier alpha value is 0.940. The summed E-state index contributed by atoms with van der Waals surface area (Å²) in [5.41, 5.74) is 7.94. The maximum absolute atomic E-state index is 6.15. The first-order chi connectivity index (χ1) is 10.7. The molecule has 2 N–H and O–H groups in total. The van der Waals surface area contributed by atoms with E-state index in [9.17, 15) is 0 Å². The molecule has 1 aromatic carbocycles. The maximum Gasteiger partial charge on any atom is 0.146 e. The number of rotatable bonds is 6. The molecule has 0 radical (unpaired) electrons. The van der Waals surface area contributed by atoms with Gasteiger partial charge in [-0.15, -0.1) is 17.0 Å². The zero-order valence-electron chi connectivity index (χ0n) is 15.0. The van der Waals surface area contributed by atoms with E-state index in [0.717, 1.165) is 54.6 Å². The molecule has 0 spiro atoms. The number of likely N-dealkylation sites (tertiary alicyclic amines) is 1. The van der Waals surface area contributed by atoms with E-state index in [1.807, 2.05) is 12.1 Å². The molecule has 144 valence electrons. The van der Waals surface area contributed by atoms with E-state index in [1.165, 1.54) is 18.7 Å². The van der Waals surface area contributed by atoms with Crippen molar-refractivity contribution in [3.05, 3.63) is 31.4 Å². The number of nitrogens with zero attached hydrogens (tertiary/aromatic N) is 1. The van der Waals surface area contributed by atoms with Crippen molar-refractivity contribution in [1.29, 1.82) is 0 Å². The van der Waals surface area contributed by atoms with Crippen molar-refractivity contribution in [2.75, 3.05) is 38.5 Å². The van der Waals surface area contributed by atoms with Gasteiger partial charge < -0.3 is 31.9 Å². The molecule has 1 fully saturated rings. The van der Waals surface area contributed by atoms with Crippen molar-refractivity contribution in [1.82, 2.24) is 0 Å². The predicted molar refractivity (Wildman–Crippen MR) is 125 cm³/mol.